The van der Waals surface area contributed by atoms with Gasteiger partial charge in [-0.05, 0) is 6.42 Å². The number of rotatable bonds is 4. The minimum absolute atomic E-state index is 0.0516. The van der Waals surface area contributed by atoms with Gasteiger partial charge in [0.2, 0.25) is 0 Å². The molecule has 1 saturated heterocycles. The van der Waals surface area contributed by atoms with E-state index in [2.05, 4.69) is 4.84 Å². The molecule has 0 spiro atoms. The van der Waals surface area contributed by atoms with Gasteiger partial charge in [0.25, 0.3) is 11.8 Å². The molecule has 0 unspecified atom stereocenters. The molecule has 0 radical (unpaired) electrons. The smallest absolute Gasteiger partial charge is 0.361 e. The Morgan fingerprint density at radius 3 is 2.47 bits per heavy atom. The number of hydrogen-bond donors (Lipinski definition) is 1. The van der Waals surface area contributed by atoms with Gasteiger partial charge < -0.3 is 9.94 Å². The van der Waals surface area contributed by atoms with E-state index in [1.54, 1.807) is 6.92 Å². The molecule has 84 valence electrons. The molecular weight excluding hydrogens is 202 g/mol. The van der Waals surface area contributed by atoms with E-state index in [4.69, 9.17) is 0 Å². The number of hydrogen-bond acceptors (Lipinski definition) is 5. The maximum absolute atomic E-state index is 11.2. The predicted molar refractivity (Wildman–Crippen MR) is 48.1 cm³/mol. The van der Waals surface area contributed by atoms with Crippen LogP contribution in [0.25, 0.3) is 0 Å². The number of nitrogens with zero attached hydrogens (tertiary/aromatic N) is 1. The van der Waals surface area contributed by atoms with Crippen LogP contribution in [-0.2, 0) is 19.2 Å². The fourth-order valence-electron chi connectivity index (χ4n) is 1.20. The van der Waals surface area contributed by atoms with Gasteiger partial charge in [-0.1, -0.05) is 13.3 Å². The second-order valence-electron chi connectivity index (χ2n) is 3.30. The van der Waals surface area contributed by atoms with Gasteiger partial charge in [0.05, 0.1) is 0 Å². The molecule has 0 saturated carbocycles. The van der Waals surface area contributed by atoms with Crippen molar-refractivity contribution in [1.82, 2.24) is 5.06 Å². The Hall–Kier alpha value is -1.43. The Bertz CT molecular complexity index is 272. The number of carbonyl (C=O) groups excluding carboxylic acids is 3. The van der Waals surface area contributed by atoms with E-state index in [-0.39, 0.29) is 19.3 Å². The number of aliphatic hydroxyl groups excluding tert-OH is 1. The highest BCUT2D eigenvalue weighted by Crippen LogP contribution is 2.13. The van der Waals surface area contributed by atoms with Crippen LogP contribution < -0.4 is 0 Å². The van der Waals surface area contributed by atoms with E-state index in [1.165, 1.54) is 0 Å². The summed E-state index contributed by atoms with van der Waals surface area (Å²) >= 11 is 0. The number of aliphatic hydroxyl groups is 1. The molecule has 6 heteroatoms. The first-order valence-corrected chi connectivity index (χ1v) is 4.82. The van der Waals surface area contributed by atoms with Gasteiger partial charge >= 0.3 is 5.97 Å². The molecule has 1 aliphatic rings. The van der Waals surface area contributed by atoms with Crippen LogP contribution >= 0.6 is 0 Å². The lowest BCUT2D eigenvalue weighted by Gasteiger charge is -2.14. The van der Waals surface area contributed by atoms with Crippen molar-refractivity contribution in [2.24, 2.45) is 0 Å². The molecule has 0 aromatic carbocycles. The fourth-order valence-corrected chi connectivity index (χ4v) is 1.20. The minimum Gasteiger partial charge on any atom is -0.381 e. The monoisotopic (exact) mass is 215 g/mol. The third-order valence-corrected chi connectivity index (χ3v) is 2.02. The fraction of sp³-hybridized carbons (Fsp3) is 0.667. The topological polar surface area (TPSA) is 83.9 Å². The van der Waals surface area contributed by atoms with Crippen LogP contribution in [0.2, 0.25) is 0 Å². The second-order valence-corrected chi connectivity index (χ2v) is 3.30. The highest BCUT2D eigenvalue weighted by atomic mass is 16.7. The van der Waals surface area contributed by atoms with E-state index < -0.39 is 23.9 Å². The lowest BCUT2D eigenvalue weighted by Crippen LogP contribution is -2.36. The van der Waals surface area contributed by atoms with Crippen LogP contribution in [0.15, 0.2) is 0 Å². The van der Waals surface area contributed by atoms with Crippen molar-refractivity contribution in [1.29, 1.82) is 0 Å². The van der Waals surface area contributed by atoms with Crippen molar-refractivity contribution in [3.8, 4) is 0 Å². The summed E-state index contributed by atoms with van der Waals surface area (Å²) in [5.41, 5.74) is 0. The molecule has 1 rings (SSSR count). The largest absolute Gasteiger partial charge is 0.381 e. The standard InChI is InChI=1S/C9H13NO5/c1-2-3-6(11)9(14)15-10-7(12)4-5-8(10)13/h6,11H,2-5H2,1H3/t6-/m0/s1. The Morgan fingerprint density at radius 2 is 2.00 bits per heavy atom. The Balaban J connectivity index is 2.50. The number of amides is 2. The molecular formula is C9H13NO5. The predicted octanol–water partition coefficient (Wildman–Crippen LogP) is -0.245. The average molecular weight is 215 g/mol. The van der Waals surface area contributed by atoms with Crippen molar-refractivity contribution in [2.75, 3.05) is 0 Å². The highest BCUT2D eigenvalue weighted by Gasteiger charge is 2.34. The van der Waals surface area contributed by atoms with Crippen LogP contribution in [-0.4, -0.2) is 34.1 Å². The number of carbonyl (C=O) groups is 3. The van der Waals surface area contributed by atoms with E-state index in [0.29, 0.717) is 11.5 Å². The first kappa shape index (κ1) is 11.6. The summed E-state index contributed by atoms with van der Waals surface area (Å²) < 4.78 is 0. The minimum atomic E-state index is -1.28. The first-order valence-electron chi connectivity index (χ1n) is 4.82. The van der Waals surface area contributed by atoms with Crippen LogP contribution in [0.3, 0.4) is 0 Å². The molecule has 6 nitrogen and oxygen atoms in total. The normalized spacial score (nSPS) is 18.1. The zero-order valence-corrected chi connectivity index (χ0v) is 8.43. The van der Waals surface area contributed by atoms with E-state index in [9.17, 15) is 19.5 Å². The summed E-state index contributed by atoms with van der Waals surface area (Å²) in [6, 6.07) is 0. The summed E-state index contributed by atoms with van der Waals surface area (Å²) in [4.78, 5) is 37.8. The van der Waals surface area contributed by atoms with E-state index in [1.807, 2.05) is 0 Å². The van der Waals surface area contributed by atoms with Crippen molar-refractivity contribution in [3.63, 3.8) is 0 Å². The molecule has 0 aromatic rings. The van der Waals surface area contributed by atoms with Crippen molar-refractivity contribution in [2.45, 2.75) is 38.7 Å². The third-order valence-electron chi connectivity index (χ3n) is 2.02. The van der Waals surface area contributed by atoms with Gasteiger partial charge in [-0.25, -0.2) is 4.79 Å². The van der Waals surface area contributed by atoms with Gasteiger partial charge in [-0.3, -0.25) is 9.59 Å². The van der Waals surface area contributed by atoms with Gasteiger partial charge in [0.15, 0.2) is 6.10 Å². The van der Waals surface area contributed by atoms with E-state index >= 15 is 0 Å². The summed E-state index contributed by atoms with van der Waals surface area (Å²) in [5.74, 6) is -2.05. The zero-order valence-electron chi connectivity index (χ0n) is 8.43. The lowest BCUT2D eigenvalue weighted by molar-refractivity contribution is -0.203. The van der Waals surface area contributed by atoms with Crippen molar-refractivity contribution < 1.29 is 24.3 Å². The van der Waals surface area contributed by atoms with Crippen LogP contribution in [0, 0.1) is 0 Å². The maximum atomic E-state index is 11.2. The van der Waals surface area contributed by atoms with Gasteiger partial charge in [0.1, 0.15) is 0 Å². The molecule has 0 bridgehead atoms. The molecule has 1 N–H and O–H groups in total. The van der Waals surface area contributed by atoms with Crippen molar-refractivity contribution in [3.05, 3.63) is 0 Å². The van der Waals surface area contributed by atoms with Gasteiger partial charge in [-0.2, -0.15) is 0 Å². The number of hydroxylamine groups is 2. The van der Waals surface area contributed by atoms with E-state index in [0.717, 1.165) is 0 Å². The lowest BCUT2D eigenvalue weighted by atomic mass is 10.2. The average Bonchev–Trinajstić information content (AvgIpc) is 2.49. The SMILES string of the molecule is CCC[C@H](O)C(=O)ON1C(=O)CCC1=O. The summed E-state index contributed by atoms with van der Waals surface area (Å²) in [5, 5.41) is 9.66. The molecule has 0 aliphatic carbocycles. The second kappa shape index (κ2) is 4.88. The Labute approximate surface area is 86.8 Å². The molecule has 1 aliphatic heterocycles. The van der Waals surface area contributed by atoms with Crippen LogP contribution in [0.1, 0.15) is 32.6 Å². The summed E-state index contributed by atoms with van der Waals surface area (Å²) in [6.07, 6.45) is -0.324. The summed E-state index contributed by atoms with van der Waals surface area (Å²) in [7, 11) is 0. The van der Waals surface area contributed by atoms with Gasteiger partial charge in [0, 0.05) is 12.8 Å². The summed E-state index contributed by atoms with van der Waals surface area (Å²) in [6.45, 7) is 1.79. The molecule has 2 amide bonds. The number of imide groups is 1. The highest BCUT2D eigenvalue weighted by molar-refractivity contribution is 6.01. The zero-order chi connectivity index (χ0) is 11.4. The van der Waals surface area contributed by atoms with Crippen LogP contribution in [0.5, 0.6) is 0 Å². The first-order chi connectivity index (χ1) is 7.06. The molecule has 1 atom stereocenters. The quantitative estimate of drug-likeness (QED) is 0.654. The Morgan fingerprint density at radius 1 is 1.47 bits per heavy atom. The molecule has 1 fully saturated rings. The van der Waals surface area contributed by atoms with Crippen molar-refractivity contribution >= 4 is 17.8 Å². The maximum Gasteiger partial charge on any atom is 0.361 e. The third kappa shape index (κ3) is 2.76. The van der Waals surface area contributed by atoms with Gasteiger partial charge in [-0.15, -0.1) is 5.06 Å². The molecule has 15 heavy (non-hydrogen) atoms. The Kier molecular flexibility index (Phi) is 3.79. The molecule has 1 heterocycles. The van der Waals surface area contributed by atoms with Crippen LogP contribution in [0.4, 0.5) is 0 Å². The molecule has 0 aromatic heterocycles.